The molecular weight excluding hydrogens is 410 g/mol. The van der Waals surface area contributed by atoms with Gasteiger partial charge in [0.05, 0.1) is 12.2 Å². The van der Waals surface area contributed by atoms with Gasteiger partial charge < -0.3 is 14.7 Å². The minimum absolute atomic E-state index is 0.131. The molecule has 0 radical (unpaired) electrons. The van der Waals surface area contributed by atoms with Crippen molar-refractivity contribution in [1.29, 1.82) is 0 Å². The number of piperidine rings is 1. The first kappa shape index (κ1) is 22.6. The molecule has 0 aromatic carbocycles. The zero-order valence-electron chi connectivity index (χ0n) is 21.5. The van der Waals surface area contributed by atoms with E-state index in [4.69, 9.17) is 4.74 Å². The average Bonchev–Trinajstić information content (AvgIpc) is 3.21. The molecule has 2 heterocycles. The van der Waals surface area contributed by atoms with Gasteiger partial charge >= 0.3 is 0 Å². The number of ether oxygens (including phenoxy) is 1. The molecule has 1 N–H and O–H groups in total. The molecule has 33 heavy (non-hydrogen) atoms. The SMILES string of the molecule is CC(=O)N1C[C@H](C)CC[C@]12O[C@H]1C[C@H]3[C@@H]4CC=C5C[C@@H](O)CC[C@]5(C)[C@H]4CC[C@]3(C)[C@H]1[C@H]2C. The largest absolute Gasteiger partial charge is 0.393 e. The Balaban J connectivity index is 1.30. The number of aliphatic hydroxyl groups excluding tert-OH is 1. The van der Waals surface area contributed by atoms with Gasteiger partial charge in [-0.05, 0) is 98.2 Å². The lowest BCUT2D eigenvalue weighted by atomic mass is 9.47. The number of nitrogens with zero attached hydrogens (tertiary/aromatic N) is 1. The van der Waals surface area contributed by atoms with E-state index in [2.05, 4.69) is 38.7 Å². The molecule has 0 aromatic heterocycles. The number of fused-ring (bicyclic) bond motifs is 7. The molecule has 4 heteroatoms. The standard InChI is InChI=1S/C29H45NO3/c1-17-8-13-29(30(16-17)19(3)31)18(2)26-25(33-29)15-24-22-7-6-20-14-21(32)9-11-27(20,4)23(22)10-12-28(24,26)5/h6,17-18,21-26,32H,7-16H2,1-5H3/t17-,18-,21+,22-,23+,24+,25+,26+,27+,28+,29-/m1/s1. The van der Waals surface area contributed by atoms with Gasteiger partial charge in [-0.1, -0.05) is 39.3 Å². The summed E-state index contributed by atoms with van der Waals surface area (Å²) in [5, 5.41) is 10.3. The van der Waals surface area contributed by atoms with Gasteiger partial charge in [-0.3, -0.25) is 4.79 Å². The maximum Gasteiger partial charge on any atom is 0.221 e. The predicted octanol–water partition coefficient (Wildman–Crippen LogP) is 5.55. The molecular formula is C29H45NO3. The zero-order valence-corrected chi connectivity index (χ0v) is 21.5. The van der Waals surface area contributed by atoms with Crippen molar-refractivity contribution in [3.63, 3.8) is 0 Å². The van der Waals surface area contributed by atoms with Gasteiger partial charge in [0, 0.05) is 19.4 Å². The van der Waals surface area contributed by atoms with Crippen LogP contribution in [-0.2, 0) is 9.53 Å². The van der Waals surface area contributed by atoms with Crippen molar-refractivity contribution in [3.05, 3.63) is 11.6 Å². The Kier molecular flexibility index (Phi) is 5.01. The third kappa shape index (κ3) is 2.92. The highest BCUT2D eigenvalue weighted by Gasteiger charge is 2.69. The van der Waals surface area contributed by atoms with Crippen molar-refractivity contribution in [2.75, 3.05) is 6.54 Å². The Bertz CT molecular complexity index is 869. The smallest absolute Gasteiger partial charge is 0.221 e. The van der Waals surface area contributed by atoms with Crippen LogP contribution in [0.2, 0.25) is 0 Å². The lowest BCUT2D eigenvalue weighted by molar-refractivity contribution is -0.200. The zero-order chi connectivity index (χ0) is 23.3. The van der Waals surface area contributed by atoms with Crippen molar-refractivity contribution < 1.29 is 14.6 Å². The van der Waals surface area contributed by atoms with Gasteiger partial charge in [0.25, 0.3) is 0 Å². The van der Waals surface area contributed by atoms with Crippen LogP contribution < -0.4 is 0 Å². The lowest BCUT2D eigenvalue weighted by Crippen LogP contribution is -2.60. The van der Waals surface area contributed by atoms with E-state index < -0.39 is 0 Å². The van der Waals surface area contributed by atoms with Crippen molar-refractivity contribution >= 4 is 5.91 Å². The van der Waals surface area contributed by atoms with Crippen LogP contribution in [0.1, 0.15) is 92.4 Å². The van der Waals surface area contributed by atoms with E-state index in [1.54, 1.807) is 12.5 Å². The predicted molar refractivity (Wildman–Crippen MR) is 129 cm³/mol. The van der Waals surface area contributed by atoms with Crippen LogP contribution in [-0.4, -0.2) is 40.4 Å². The second-order valence-corrected chi connectivity index (χ2v) is 13.5. The van der Waals surface area contributed by atoms with Crippen LogP contribution >= 0.6 is 0 Å². The Hall–Kier alpha value is -0.870. The minimum atomic E-state index is -0.371. The highest BCUT2D eigenvalue weighted by atomic mass is 16.5. The summed E-state index contributed by atoms with van der Waals surface area (Å²) in [5.74, 6) is 3.95. The molecule has 6 rings (SSSR count). The number of allylic oxidation sites excluding steroid dienone is 1. The molecule has 2 aliphatic heterocycles. The summed E-state index contributed by atoms with van der Waals surface area (Å²) >= 11 is 0. The van der Waals surface area contributed by atoms with Crippen molar-refractivity contribution in [3.8, 4) is 0 Å². The minimum Gasteiger partial charge on any atom is -0.393 e. The normalized spacial score (nSPS) is 55.5. The number of hydrogen-bond donors (Lipinski definition) is 1. The summed E-state index contributed by atoms with van der Waals surface area (Å²) in [6, 6.07) is 0. The van der Waals surface area contributed by atoms with E-state index in [-0.39, 0.29) is 17.7 Å². The molecule has 1 amide bonds. The number of likely N-dealkylation sites (tertiary alicyclic amines) is 1. The van der Waals surface area contributed by atoms with Crippen LogP contribution in [0, 0.1) is 46.3 Å². The quantitative estimate of drug-likeness (QED) is 0.488. The monoisotopic (exact) mass is 455 g/mol. The Morgan fingerprint density at radius 2 is 1.91 bits per heavy atom. The second kappa shape index (κ2) is 7.32. The van der Waals surface area contributed by atoms with Gasteiger partial charge in [0.15, 0.2) is 0 Å². The first-order valence-electron chi connectivity index (χ1n) is 13.9. The summed E-state index contributed by atoms with van der Waals surface area (Å²) < 4.78 is 7.09. The molecule has 11 atom stereocenters. The van der Waals surface area contributed by atoms with E-state index in [1.807, 2.05) is 0 Å². The van der Waals surface area contributed by atoms with Crippen LogP contribution in [0.25, 0.3) is 0 Å². The van der Waals surface area contributed by atoms with Gasteiger partial charge in [0.1, 0.15) is 5.72 Å². The first-order chi connectivity index (χ1) is 15.6. The summed E-state index contributed by atoms with van der Waals surface area (Å²) in [5.41, 5.74) is 1.79. The number of aliphatic hydroxyl groups is 1. The Labute approximate surface area is 200 Å². The Morgan fingerprint density at radius 1 is 1.12 bits per heavy atom. The number of carbonyl (C=O) groups is 1. The lowest BCUT2D eigenvalue weighted by Gasteiger charge is -2.59. The van der Waals surface area contributed by atoms with E-state index in [0.717, 1.165) is 56.4 Å². The molecule has 1 spiro atoms. The van der Waals surface area contributed by atoms with Crippen LogP contribution in [0.15, 0.2) is 11.6 Å². The van der Waals surface area contributed by atoms with E-state index >= 15 is 0 Å². The van der Waals surface area contributed by atoms with E-state index in [1.165, 1.54) is 25.7 Å². The molecule has 0 bridgehead atoms. The number of hydrogen-bond acceptors (Lipinski definition) is 3. The molecule has 0 aromatic rings. The molecule has 184 valence electrons. The van der Waals surface area contributed by atoms with E-state index in [0.29, 0.717) is 34.7 Å². The maximum atomic E-state index is 12.7. The number of amides is 1. The number of rotatable bonds is 0. The van der Waals surface area contributed by atoms with Crippen LogP contribution in [0.3, 0.4) is 0 Å². The van der Waals surface area contributed by atoms with Crippen molar-refractivity contribution in [2.24, 2.45) is 46.3 Å². The van der Waals surface area contributed by atoms with Crippen LogP contribution in [0.5, 0.6) is 0 Å². The van der Waals surface area contributed by atoms with Crippen molar-refractivity contribution in [2.45, 2.75) is 110 Å². The van der Waals surface area contributed by atoms with Crippen molar-refractivity contribution in [1.82, 2.24) is 4.90 Å². The average molecular weight is 456 g/mol. The topological polar surface area (TPSA) is 49.8 Å². The van der Waals surface area contributed by atoms with Gasteiger partial charge in [0.2, 0.25) is 5.91 Å². The highest BCUT2D eigenvalue weighted by molar-refractivity contribution is 5.74. The fourth-order valence-corrected chi connectivity index (χ4v) is 10.5. The van der Waals surface area contributed by atoms with Gasteiger partial charge in [-0.2, -0.15) is 0 Å². The molecule has 2 saturated heterocycles. The fraction of sp³-hybridized carbons (Fsp3) is 0.897. The number of carbonyl (C=O) groups excluding carboxylic acids is 1. The summed E-state index contributed by atoms with van der Waals surface area (Å²) in [6.45, 7) is 12.4. The Morgan fingerprint density at radius 3 is 2.67 bits per heavy atom. The van der Waals surface area contributed by atoms with Crippen LogP contribution in [0.4, 0.5) is 0 Å². The van der Waals surface area contributed by atoms with Gasteiger partial charge in [-0.15, -0.1) is 0 Å². The molecule has 5 fully saturated rings. The molecule has 6 aliphatic rings. The van der Waals surface area contributed by atoms with E-state index in [9.17, 15) is 9.90 Å². The molecule has 4 aliphatic carbocycles. The molecule has 0 unspecified atom stereocenters. The molecule has 4 nitrogen and oxygen atoms in total. The van der Waals surface area contributed by atoms with Gasteiger partial charge in [-0.25, -0.2) is 0 Å². The third-order valence-corrected chi connectivity index (χ3v) is 12.1. The molecule has 3 saturated carbocycles. The fourth-order valence-electron chi connectivity index (χ4n) is 10.5. The third-order valence-electron chi connectivity index (χ3n) is 12.1. The highest BCUT2D eigenvalue weighted by Crippen LogP contribution is 2.70. The first-order valence-corrected chi connectivity index (χ1v) is 13.9. The summed E-state index contributed by atoms with van der Waals surface area (Å²) in [4.78, 5) is 14.9. The maximum absolute atomic E-state index is 12.7. The second-order valence-electron chi connectivity index (χ2n) is 13.5. The summed E-state index contributed by atoms with van der Waals surface area (Å²) in [7, 11) is 0. The summed E-state index contributed by atoms with van der Waals surface area (Å²) in [6.07, 6.45) is 12.9.